The zero-order chi connectivity index (χ0) is 13.4. The summed E-state index contributed by atoms with van der Waals surface area (Å²) in [4.78, 5) is 15.5. The molecule has 2 N–H and O–H groups in total. The minimum Gasteiger partial charge on any atom is -0.369 e. The first-order chi connectivity index (χ1) is 9.16. The molecule has 1 fully saturated rings. The van der Waals surface area contributed by atoms with Crippen molar-refractivity contribution in [1.82, 2.24) is 0 Å². The van der Waals surface area contributed by atoms with Gasteiger partial charge in [0.1, 0.15) is 0 Å². The van der Waals surface area contributed by atoms with Crippen molar-refractivity contribution in [3.63, 3.8) is 0 Å². The van der Waals surface area contributed by atoms with E-state index in [0.717, 1.165) is 18.7 Å². The first-order valence-electron chi connectivity index (χ1n) is 6.94. The van der Waals surface area contributed by atoms with E-state index in [9.17, 15) is 4.79 Å². The summed E-state index contributed by atoms with van der Waals surface area (Å²) < 4.78 is 0. The van der Waals surface area contributed by atoms with Crippen LogP contribution >= 0.6 is 11.8 Å². The lowest BCUT2D eigenvalue weighted by Crippen LogP contribution is -2.47. The summed E-state index contributed by atoms with van der Waals surface area (Å²) in [6.07, 6.45) is 3.20. The molecule has 1 aliphatic carbocycles. The first-order valence-corrected chi connectivity index (χ1v) is 7.93. The van der Waals surface area contributed by atoms with Gasteiger partial charge in [0.05, 0.1) is 17.5 Å². The Morgan fingerprint density at radius 3 is 2.95 bits per heavy atom. The Morgan fingerprint density at radius 2 is 2.16 bits per heavy atom. The number of anilines is 1. The molecule has 1 aliphatic heterocycles. The molecule has 3 atom stereocenters. The van der Waals surface area contributed by atoms with Gasteiger partial charge in [-0.15, -0.1) is 11.8 Å². The second-order valence-electron chi connectivity index (χ2n) is 5.71. The van der Waals surface area contributed by atoms with Crippen molar-refractivity contribution in [2.75, 3.05) is 10.8 Å². The normalized spacial score (nSPS) is 30.2. The van der Waals surface area contributed by atoms with E-state index in [4.69, 9.17) is 5.73 Å². The predicted molar refractivity (Wildman–Crippen MR) is 79.1 cm³/mol. The van der Waals surface area contributed by atoms with E-state index < -0.39 is 0 Å². The number of nitrogens with zero attached hydrogens (tertiary/aromatic N) is 1. The van der Waals surface area contributed by atoms with Crippen molar-refractivity contribution in [2.45, 2.75) is 37.1 Å². The van der Waals surface area contributed by atoms with E-state index in [0.29, 0.717) is 5.92 Å². The van der Waals surface area contributed by atoms with Gasteiger partial charge < -0.3 is 10.6 Å². The van der Waals surface area contributed by atoms with Gasteiger partial charge in [0.2, 0.25) is 5.91 Å². The molecule has 1 aromatic carbocycles. The number of hydrogen-bond donors (Lipinski definition) is 1. The summed E-state index contributed by atoms with van der Waals surface area (Å²) in [5.74, 6) is 1.42. The molecule has 1 saturated carbocycles. The Hall–Kier alpha value is -1.16. The molecule has 2 aliphatic rings. The van der Waals surface area contributed by atoms with Gasteiger partial charge in [0.15, 0.2) is 0 Å². The van der Waals surface area contributed by atoms with Gasteiger partial charge in [-0.25, -0.2) is 0 Å². The molecule has 1 amide bonds. The minimum absolute atomic E-state index is 0.00416. The number of thioether (sulfide) groups is 1. The maximum atomic E-state index is 11.8. The quantitative estimate of drug-likeness (QED) is 0.903. The monoisotopic (exact) mass is 276 g/mol. The van der Waals surface area contributed by atoms with Crippen LogP contribution in [0.15, 0.2) is 29.2 Å². The maximum absolute atomic E-state index is 11.8. The Morgan fingerprint density at radius 1 is 1.37 bits per heavy atom. The number of rotatable bonds is 2. The number of nitrogens with two attached hydrogens (primary N) is 1. The highest BCUT2D eigenvalue weighted by Gasteiger charge is 2.38. The van der Waals surface area contributed by atoms with Crippen LogP contribution in [0.1, 0.15) is 26.2 Å². The Bertz CT molecular complexity index is 491. The van der Waals surface area contributed by atoms with Crippen LogP contribution in [0.5, 0.6) is 0 Å². The van der Waals surface area contributed by atoms with E-state index in [-0.39, 0.29) is 17.9 Å². The summed E-state index contributed by atoms with van der Waals surface area (Å²) >= 11 is 1.86. The van der Waals surface area contributed by atoms with Crippen molar-refractivity contribution in [2.24, 2.45) is 17.6 Å². The lowest BCUT2D eigenvalue weighted by Gasteiger charge is -2.39. The Labute approximate surface area is 118 Å². The zero-order valence-electron chi connectivity index (χ0n) is 11.2. The van der Waals surface area contributed by atoms with E-state index in [1.165, 1.54) is 17.0 Å². The highest BCUT2D eigenvalue weighted by Crippen LogP contribution is 2.43. The van der Waals surface area contributed by atoms with Crippen molar-refractivity contribution in [3.05, 3.63) is 24.3 Å². The molecule has 0 spiro atoms. The topological polar surface area (TPSA) is 46.3 Å². The van der Waals surface area contributed by atoms with Crippen LogP contribution in [0, 0.1) is 11.8 Å². The minimum atomic E-state index is -0.133. The molecule has 0 aromatic heterocycles. The zero-order valence-corrected chi connectivity index (χ0v) is 12.0. The van der Waals surface area contributed by atoms with Crippen LogP contribution in [0.25, 0.3) is 0 Å². The van der Waals surface area contributed by atoms with E-state index in [2.05, 4.69) is 36.1 Å². The smallest absolute Gasteiger partial charge is 0.222 e. The molecule has 102 valence electrons. The fraction of sp³-hybridized carbons (Fsp3) is 0.533. The average Bonchev–Trinajstić information content (AvgIpc) is 2.82. The number of hydrogen-bond acceptors (Lipinski definition) is 3. The Kier molecular flexibility index (Phi) is 3.44. The molecule has 0 radical (unpaired) electrons. The first kappa shape index (κ1) is 12.9. The van der Waals surface area contributed by atoms with Crippen LogP contribution in [0.4, 0.5) is 5.69 Å². The van der Waals surface area contributed by atoms with Gasteiger partial charge in [-0.3, -0.25) is 4.79 Å². The number of amides is 1. The molecule has 3 rings (SSSR count). The number of para-hydroxylation sites is 1. The summed E-state index contributed by atoms with van der Waals surface area (Å²) in [7, 11) is 0. The number of primary amides is 1. The van der Waals surface area contributed by atoms with Gasteiger partial charge in [-0.2, -0.15) is 0 Å². The van der Waals surface area contributed by atoms with E-state index >= 15 is 0 Å². The number of carbonyl (C=O) groups is 1. The van der Waals surface area contributed by atoms with Crippen LogP contribution in [0.3, 0.4) is 0 Å². The van der Waals surface area contributed by atoms with Crippen LogP contribution in [0.2, 0.25) is 0 Å². The average molecular weight is 276 g/mol. The maximum Gasteiger partial charge on any atom is 0.222 e. The SMILES string of the molecule is CC1CCC(N2CSc3ccccc32)C(C(N)=O)C1. The molecule has 3 unspecified atom stereocenters. The van der Waals surface area contributed by atoms with Crippen LogP contribution < -0.4 is 10.6 Å². The van der Waals surface area contributed by atoms with Crippen molar-refractivity contribution in [3.8, 4) is 0 Å². The summed E-state index contributed by atoms with van der Waals surface area (Å²) in [6, 6.07) is 8.74. The van der Waals surface area contributed by atoms with Gasteiger partial charge >= 0.3 is 0 Å². The molecule has 3 nitrogen and oxygen atoms in total. The van der Waals surface area contributed by atoms with Crippen LogP contribution in [-0.2, 0) is 4.79 Å². The molecular formula is C15H20N2OS. The molecule has 4 heteroatoms. The van der Waals surface area contributed by atoms with Crippen molar-refractivity contribution >= 4 is 23.4 Å². The summed E-state index contributed by atoms with van der Waals surface area (Å²) in [5.41, 5.74) is 6.91. The highest BCUT2D eigenvalue weighted by atomic mass is 32.2. The number of benzene rings is 1. The summed E-state index contributed by atoms with van der Waals surface area (Å²) in [5, 5.41) is 0. The largest absolute Gasteiger partial charge is 0.369 e. The highest BCUT2D eigenvalue weighted by molar-refractivity contribution is 7.99. The van der Waals surface area contributed by atoms with Gasteiger partial charge in [0, 0.05) is 10.9 Å². The predicted octanol–water partition coefficient (Wildman–Crippen LogP) is 2.85. The van der Waals surface area contributed by atoms with Crippen molar-refractivity contribution in [1.29, 1.82) is 0 Å². The second-order valence-corrected chi connectivity index (χ2v) is 6.69. The molecular weight excluding hydrogens is 256 g/mol. The third kappa shape index (κ3) is 2.34. The molecule has 0 saturated heterocycles. The molecule has 1 heterocycles. The fourth-order valence-corrected chi connectivity index (χ4v) is 4.46. The Balaban J connectivity index is 1.87. The number of fused-ring (bicyclic) bond motifs is 1. The molecule has 0 bridgehead atoms. The van der Waals surface area contributed by atoms with E-state index in [1.807, 2.05) is 11.8 Å². The van der Waals surface area contributed by atoms with E-state index in [1.54, 1.807) is 0 Å². The summed E-state index contributed by atoms with van der Waals surface area (Å²) in [6.45, 7) is 2.22. The van der Waals surface area contributed by atoms with Crippen LogP contribution in [-0.4, -0.2) is 17.8 Å². The lowest BCUT2D eigenvalue weighted by atomic mass is 9.77. The standard InChI is InChI=1S/C15H20N2OS/c1-10-6-7-12(11(8-10)15(16)18)17-9-19-14-5-3-2-4-13(14)17/h2-5,10-12H,6-9H2,1H3,(H2,16,18). The second kappa shape index (κ2) is 5.08. The molecule has 19 heavy (non-hydrogen) atoms. The van der Waals surface area contributed by atoms with Gasteiger partial charge in [-0.05, 0) is 37.3 Å². The van der Waals surface area contributed by atoms with Gasteiger partial charge in [-0.1, -0.05) is 19.1 Å². The third-order valence-electron chi connectivity index (χ3n) is 4.38. The van der Waals surface area contributed by atoms with Gasteiger partial charge in [0.25, 0.3) is 0 Å². The number of carbonyl (C=O) groups excluding carboxylic acids is 1. The molecule has 1 aromatic rings. The third-order valence-corrected chi connectivity index (χ3v) is 5.44. The lowest BCUT2D eigenvalue weighted by molar-refractivity contribution is -0.123. The van der Waals surface area contributed by atoms with Crippen molar-refractivity contribution < 1.29 is 4.79 Å². The fourth-order valence-electron chi connectivity index (χ4n) is 3.34.